The van der Waals surface area contributed by atoms with Gasteiger partial charge in [-0.05, 0) is 30.3 Å². The molecule has 6 nitrogen and oxygen atoms in total. The Hall–Kier alpha value is -3.98. The van der Waals surface area contributed by atoms with E-state index in [0.717, 1.165) is 22.0 Å². The Morgan fingerprint density at radius 2 is 1.78 bits per heavy atom. The smallest absolute Gasteiger partial charge is 0.183 e. The van der Waals surface area contributed by atoms with Crippen molar-refractivity contribution in [3.63, 3.8) is 0 Å². The van der Waals surface area contributed by atoms with E-state index in [2.05, 4.69) is 15.0 Å². The molecule has 2 aromatic carbocycles. The van der Waals surface area contributed by atoms with E-state index in [-0.39, 0.29) is 11.5 Å². The number of nitrogens with zero attached hydrogens (tertiary/aromatic N) is 4. The van der Waals surface area contributed by atoms with E-state index >= 15 is 0 Å². The summed E-state index contributed by atoms with van der Waals surface area (Å²) in [6, 6.07) is 19.2. The Kier molecular flexibility index (Phi) is 4.11. The minimum absolute atomic E-state index is 0.0986. The van der Waals surface area contributed by atoms with Gasteiger partial charge in [0.05, 0.1) is 24.0 Å². The largest absolute Gasteiger partial charge is 0.497 e. The Morgan fingerprint density at radius 3 is 2.59 bits per heavy atom. The first-order valence-corrected chi connectivity index (χ1v) is 8.27. The van der Waals surface area contributed by atoms with Crippen LogP contribution in [0.5, 0.6) is 5.75 Å². The molecule has 2 aromatic heterocycles. The minimum Gasteiger partial charge on any atom is -0.497 e. The molecule has 0 aliphatic heterocycles. The van der Waals surface area contributed by atoms with E-state index in [1.165, 1.54) is 0 Å². The van der Waals surface area contributed by atoms with Crippen LogP contribution in [0.15, 0.2) is 60.8 Å². The molecule has 0 amide bonds. The number of hydrogen-bond acceptors (Lipinski definition) is 6. The predicted octanol–water partition coefficient (Wildman–Crippen LogP) is 3.82. The third kappa shape index (κ3) is 3.02. The van der Waals surface area contributed by atoms with Gasteiger partial charge < -0.3 is 10.5 Å². The Balaban J connectivity index is 1.98. The first-order valence-electron chi connectivity index (χ1n) is 8.27. The minimum atomic E-state index is 0.0986. The number of nitrogens with two attached hydrogens (primary N) is 1. The lowest BCUT2D eigenvalue weighted by atomic mass is 10.0. The number of pyridine rings is 1. The maximum atomic E-state index is 9.34. The number of anilines is 1. The van der Waals surface area contributed by atoms with Gasteiger partial charge in [0.25, 0.3) is 0 Å². The van der Waals surface area contributed by atoms with Crippen LogP contribution >= 0.6 is 0 Å². The van der Waals surface area contributed by atoms with Crippen molar-refractivity contribution in [2.75, 3.05) is 12.8 Å². The van der Waals surface area contributed by atoms with Crippen molar-refractivity contribution in [3.8, 4) is 34.3 Å². The van der Waals surface area contributed by atoms with Crippen LogP contribution in [0.25, 0.3) is 33.4 Å². The first-order chi connectivity index (χ1) is 13.2. The van der Waals surface area contributed by atoms with Crippen molar-refractivity contribution in [2.24, 2.45) is 0 Å². The predicted molar refractivity (Wildman–Crippen MR) is 104 cm³/mol. The average Bonchev–Trinajstić information content (AvgIpc) is 2.73. The van der Waals surface area contributed by atoms with Crippen molar-refractivity contribution >= 4 is 16.7 Å². The number of fused-ring (bicyclic) bond motifs is 1. The van der Waals surface area contributed by atoms with Gasteiger partial charge in [0.15, 0.2) is 11.5 Å². The van der Waals surface area contributed by atoms with Gasteiger partial charge in [-0.15, -0.1) is 0 Å². The van der Waals surface area contributed by atoms with Crippen LogP contribution in [0.4, 0.5) is 5.82 Å². The summed E-state index contributed by atoms with van der Waals surface area (Å²) >= 11 is 0. The lowest BCUT2D eigenvalue weighted by molar-refractivity contribution is 0.415. The number of ether oxygens (including phenoxy) is 1. The van der Waals surface area contributed by atoms with Crippen molar-refractivity contribution in [3.05, 3.63) is 66.5 Å². The summed E-state index contributed by atoms with van der Waals surface area (Å²) in [6.07, 6.45) is 1.75. The van der Waals surface area contributed by atoms with Crippen LogP contribution in [0, 0.1) is 11.3 Å². The molecule has 6 heteroatoms. The number of benzene rings is 2. The third-order valence-electron chi connectivity index (χ3n) is 4.25. The molecular weight excluding hydrogens is 338 g/mol. The summed E-state index contributed by atoms with van der Waals surface area (Å²) < 4.78 is 5.31. The molecule has 4 rings (SSSR count). The van der Waals surface area contributed by atoms with E-state index in [1.807, 2.05) is 60.7 Å². The molecule has 0 saturated carbocycles. The van der Waals surface area contributed by atoms with Crippen LogP contribution in [-0.4, -0.2) is 22.1 Å². The summed E-state index contributed by atoms with van der Waals surface area (Å²) in [4.78, 5) is 13.3. The number of aromatic nitrogens is 3. The fourth-order valence-corrected chi connectivity index (χ4v) is 2.93. The summed E-state index contributed by atoms with van der Waals surface area (Å²) in [5, 5.41) is 10.3. The highest BCUT2D eigenvalue weighted by atomic mass is 16.5. The van der Waals surface area contributed by atoms with Gasteiger partial charge in [0, 0.05) is 22.7 Å². The first kappa shape index (κ1) is 16.5. The normalized spacial score (nSPS) is 10.5. The molecule has 0 unspecified atom stereocenters. The van der Waals surface area contributed by atoms with Gasteiger partial charge in [-0.3, -0.25) is 4.98 Å². The van der Waals surface area contributed by atoms with Gasteiger partial charge in [-0.2, -0.15) is 5.26 Å². The molecule has 2 heterocycles. The highest BCUT2D eigenvalue weighted by Gasteiger charge is 2.16. The van der Waals surface area contributed by atoms with Gasteiger partial charge in [0.2, 0.25) is 0 Å². The van der Waals surface area contributed by atoms with Crippen molar-refractivity contribution in [2.45, 2.75) is 0 Å². The maximum Gasteiger partial charge on any atom is 0.183 e. The second kappa shape index (κ2) is 6.73. The summed E-state index contributed by atoms with van der Waals surface area (Å²) in [5.41, 5.74) is 9.73. The summed E-state index contributed by atoms with van der Waals surface area (Å²) in [7, 11) is 1.61. The quantitative estimate of drug-likeness (QED) is 0.601. The topological polar surface area (TPSA) is 97.7 Å². The molecule has 0 aliphatic carbocycles. The molecule has 0 bridgehead atoms. The monoisotopic (exact) mass is 353 g/mol. The molecule has 0 aliphatic rings. The number of rotatable bonds is 3. The van der Waals surface area contributed by atoms with Crippen LogP contribution in [0.1, 0.15) is 5.69 Å². The van der Waals surface area contributed by atoms with E-state index < -0.39 is 0 Å². The molecule has 27 heavy (non-hydrogen) atoms. The molecule has 0 saturated heterocycles. The molecule has 4 aromatic rings. The van der Waals surface area contributed by atoms with Crippen LogP contribution in [-0.2, 0) is 0 Å². The second-order valence-electron chi connectivity index (χ2n) is 5.91. The van der Waals surface area contributed by atoms with Crippen LogP contribution in [0.3, 0.4) is 0 Å². The van der Waals surface area contributed by atoms with Gasteiger partial charge in [-0.1, -0.05) is 24.3 Å². The molecule has 130 valence electrons. The van der Waals surface area contributed by atoms with Crippen molar-refractivity contribution < 1.29 is 4.74 Å². The zero-order valence-corrected chi connectivity index (χ0v) is 14.5. The number of nitrogen functional groups attached to an aromatic ring is 1. The number of nitriles is 1. The molecular formula is C21H15N5O. The molecule has 0 radical (unpaired) electrons. The van der Waals surface area contributed by atoms with E-state index in [4.69, 9.17) is 10.5 Å². The number of methoxy groups -OCH3 is 1. The Morgan fingerprint density at radius 1 is 0.963 bits per heavy atom. The van der Waals surface area contributed by atoms with Gasteiger partial charge in [0.1, 0.15) is 11.8 Å². The Bertz CT molecular complexity index is 1200. The highest BCUT2D eigenvalue weighted by molar-refractivity contribution is 5.87. The standard InChI is InChI=1S/C21H15N5O/c1-27-16-6-2-4-14(11-16)20-19(25-18(12-22)21(23)26-20)15-7-8-17-13(10-15)5-3-9-24-17/h2-11H,1H3,(H2,23,26). The number of hydrogen-bond donors (Lipinski definition) is 1. The highest BCUT2D eigenvalue weighted by Crippen LogP contribution is 2.33. The molecule has 0 fully saturated rings. The zero-order valence-electron chi connectivity index (χ0n) is 14.5. The lowest BCUT2D eigenvalue weighted by Crippen LogP contribution is -2.03. The summed E-state index contributed by atoms with van der Waals surface area (Å²) in [6.45, 7) is 0. The second-order valence-corrected chi connectivity index (χ2v) is 5.91. The van der Waals surface area contributed by atoms with Crippen molar-refractivity contribution in [1.82, 2.24) is 15.0 Å². The third-order valence-corrected chi connectivity index (χ3v) is 4.25. The molecule has 0 atom stereocenters. The maximum absolute atomic E-state index is 9.34. The van der Waals surface area contributed by atoms with E-state index in [0.29, 0.717) is 17.1 Å². The SMILES string of the molecule is COc1cccc(-c2nc(N)c(C#N)nc2-c2ccc3ncccc3c2)c1. The fourth-order valence-electron chi connectivity index (χ4n) is 2.93. The average molecular weight is 353 g/mol. The van der Waals surface area contributed by atoms with Crippen molar-refractivity contribution in [1.29, 1.82) is 5.26 Å². The zero-order chi connectivity index (χ0) is 18.8. The van der Waals surface area contributed by atoms with Gasteiger partial charge >= 0.3 is 0 Å². The molecule has 0 spiro atoms. The Labute approximate surface area is 155 Å². The fraction of sp³-hybridized carbons (Fsp3) is 0.0476. The van der Waals surface area contributed by atoms with Crippen LogP contribution in [0.2, 0.25) is 0 Å². The lowest BCUT2D eigenvalue weighted by Gasteiger charge is -2.12. The molecule has 2 N–H and O–H groups in total. The van der Waals surface area contributed by atoms with Crippen LogP contribution < -0.4 is 10.5 Å². The van der Waals surface area contributed by atoms with Gasteiger partial charge in [-0.25, -0.2) is 9.97 Å². The van der Waals surface area contributed by atoms with E-state index in [9.17, 15) is 5.26 Å². The van der Waals surface area contributed by atoms with E-state index in [1.54, 1.807) is 13.3 Å². The summed E-state index contributed by atoms with van der Waals surface area (Å²) in [5.74, 6) is 0.799.